The van der Waals surface area contributed by atoms with E-state index in [4.69, 9.17) is 4.74 Å². The summed E-state index contributed by atoms with van der Waals surface area (Å²) in [4.78, 5) is 16.9. The first-order chi connectivity index (χ1) is 12.0. The van der Waals surface area contributed by atoms with Gasteiger partial charge in [-0.3, -0.25) is 4.79 Å². The number of benzene rings is 1. The predicted octanol–water partition coefficient (Wildman–Crippen LogP) is 4.66. The minimum absolute atomic E-state index is 0. The number of rotatable bonds is 4. The molecular weight excluding hydrogens is 385 g/mol. The van der Waals surface area contributed by atoms with Gasteiger partial charge in [-0.2, -0.15) is 0 Å². The lowest BCUT2D eigenvalue weighted by molar-refractivity contribution is -0.120. The van der Waals surface area contributed by atoms with Gasteiger partial charge in [0.05, 0.1) is 0 Å². The van der Waals surface area contributed by atoms with Crippen LogP contribution in [0.2, 0.25) is 0 Å². The number of aryl methyl sites for hydroxylation is 1. The van der Waals surface area contributed by atoms with Crippen molar-refractivity contribution in [3.05, 3.63) is 47.7 Å². The largest absolute Gasteiger partial charge is 0.437 e. The van der Waals surface area contributed by atoms with Gasteiger partial charge < -0.3 is 15.4 Å². The van der Waals surface area contributed by atoms with Gasteiger partial charge >= 0.3 is 0 Å². The molecule has 3 rings (SSSR count). The molecule has 27 heavy (non-hydrogen) atoms. The summed E-state index contributed by atoms with van der Waals surface area (Å²) in [6, 6.07) is 9.91. The van der Waals surface area contributed by atoms with Gasteiger partial charge in [-0.1, -0.05) is 12.1 Å². The van der Waals surface area contributed by atoms with Gasteiger partial charge in [0.2, 0.25) is 11.8 Å². The molecule has 2 N–H and O–H groups in total. The van der Waals surface area contributed by atoms with Gasteiger partial charge in [0.1, 0.15) is 11.4 Å². The van der Waals surface area contributed by atoms with Gasteiger partial charge in [0.15, 0.2) is 0 Å². The average Bonchev–Trinajstić information content (AvgIpc) is 2.60. The Labute approximate surface area is 173 Å². The Morgan fingerprint density at radius 2 is 2.00 bits per heavy atom. The van der Waals surface area contributed by atoms with Crippen molar-refractivity contribution in [2.24, 2.45) is 5.92 Å². The van der Waals surface area contributed by atoms with Crippen LogP contribution in [0.5, 0.6) is 11.6 Å². The Kier molecular flexibility index (Phi) is 9.03. The molecule has 1 amide bonds. The van der Waals surface area contributed by atoms with E-state index < -0.39 is 0 Å². The zero-order chi connectivity index (χ0) is 17.8. The van der Waals surface area contributed by atoms with Gasteiger partial charge in [0, 0.05) is 18.2 Å². The van der Waals surface area contributed by atoms with Crippen molar-refractivity contribution >= 4 is 36.4 Å². The number of piperidine rings is 1. The monoisotopic (exact) mass is 411 g/mol. The molecule has 5 nitrogen and oxygen atoms in total. The van der Waals surface area contributed by atoms with Crippen molar-refractivity contribution in [1.82, 2.24) is 10.3 Å². The summed E-state index contributed by atoms with van der Waals surface area (Å²) in [6.45, 7) is 7.04. The van der Waals surface area contributed by atoms with E-state index in [1.807, 2.05) is 38.1 Å². The number of nitrogens with zero attached hydrogens (tertiary/aromatic N) is 1. The zero-order valence-electron chi connectivity index (χ0n) is 15.8. The number of aromatic nitrogens is 1. The normalized spacial score (nSPS) is 18.6. The van der Waals surface area contributed by atoms with Gasteiger partial charge in [-0.25, -0.2) is 4.98 Å². The molecule has 1 fully saturated rings. The number of hydrogen-bond donors (Lipinski definition) is 2. The van der Waals surface area contributed by atoms with Crippen LogP contribution >= 0.6 is 24.8 Å². The summed E-state index contributed by atoms with van der Waals surface area (Å²) in [5.74, 6) is 1.23. The predicted molar refractivity (Wildman–Crippen MR) is 114 cm³/mol. The maximum absolute atomic E-state index is 12.6. The van der Waals surface area contributed by atoms with Crippen LogP contribution in [-0.4, -0.2) is 23.5 Å². The highest BCUT2D eigenvalue weighted by Gasteiger charge is 2.25. The number of ether oxygens (including phenoxy) is 1. The minimum Gasteiger partial charge on any atom is -0.437 e. The van der Waals surface area contributed by atoms with Crippen LogP contribution in [0.15, 0.2) is 36.5 Å². The summed E-state index contributed by atoms with van der Waals surface area (Å²) < 4.78 is 5.99. The molecular formula is C20H27Cl2N3O2. The molecule has 0 saturated carbocycles. The lowest BCUT2D eigenvalue weighted by Gasteiger charge is -2.27. The van der Waals surface area contributed by atoms with Crippen molar-refractivity contribution in [2.75, 3.05) is 11.9 Å². The molecule has 2 atom stereocenters. The number of carbonyl (C=O) groups excluding carboxylic acids is 1. The maximum atomic E-state index is 12.6. The third kappa shape index (κ3) is 5.83. The molecule has 2 heterocycles. The summed E-state index contributed by atoms with van der Waals surface area (Å²) >= 11 is 0. The van der Waals surface area contributed by atoms with E-state index in [1.54, 1.807) is 12.3 Å². The molecule has 148 valence electrons. The lowest BCUT2D eigenvalue weighted by atomic mass is 9.92. The Morgan fingerprint density at radius 3 is 2.74 bits per heavy atom. The first-order valence-corrected chi connectivity index (χ1v) is 8.78. The van der Waals surface area contributed by atoms with Crippen LogP contribution in [0.4, 0.5) is 5.69 Å². The molecule has 0 radical (unpaired) electrons. The Morgan fingerprint density at radius 1 is 1.22 bits per heavy atom. The van der Waals surface area contributed by atoms with Crippen molar-refractivity contribution in [3.63, 3.8) is 0 Å². The van der Waals surface area contributed by atoms with E-state index in [1.165, 1.54) is 0 Å². The van der Waals surface area contributed by atoms with Gasteiger partial charge in [-0.15, -0.1) is 24.8 Å². The summed E-state index contributed by atoms with van der Waals surface area (Å²) in [6.07, 6.45) is 3.37. The highest BCUT2D eigenvalue weighted by atomic mass is 35.5. The smallest absolute Gasteiger partial charge is 0.243 e. The number of nitrogens with one attached hydrogen (secondary N) is 2. The van der Waals surface area contributed by atoms with Crippen molar-refractivity contribution in [2.45, 2.75) is 39.7 Å². The fraction of sp³-hybridized carbons (Fsp3) is 0.400. The average molecular weight is 412 g/mol. The Hall–Kier alpha value is -1.82. The minimum atomic E-state index is 0. The molecule has 1 saturated heterocycles. The van der Waals surface area contributed by atoms with E-state index in [0.717, 1.165) is 36.3 Å². The molecule has 2 aromatic rings. The number of amides is 1. The van der Waals surface area contributed by atoms with Crippen molar-refractivity contribution in [1.29, 1.82) is 0 Å². The highest BCUT2D eigenvalue weighted by molar-refractivity contribution is 5.93. The first kappa shape index (κ1) is 23.2. The van der Waals surface area contributed by atoms with E-state index >= 15 is 0 Å². The molecule has 0 unspecified atom stereocenters. The number of halogens is 2. The van der Waals surface area contributed by atoms with Crippen LogP contribution in [-0.2, 0) is 4.79 Å². The summed E-state index contributed by atoms with van der Waals surface area (Å²) in [7, 11) is 0. The zero-order valence-corrected chi connectivity index (χ0v) is 17.5. The second-order valence-corrected chi connectivity index (χ2v) is 6.72. The molecule has 1 aromatic heterocycles. The number of carbonyl (C=O) groups is 1. The SMILES string of the molecule is Cc1cccc(Oc2ncccc2NC(=O)[C@H]2CCN[C@@H](C)C2)c1C.Cl.Cl. The standard InChI is InChI=1S/C20H25N3O2.2ClH/c1-13-6-4-8-18(15(13)3)25-20-17(7-5-10-22-20)23-19(24)16-9-11-21-14(2)12-16;;/h4-8,10,14,16,21H,9,11-12H2,1-3H3,(H,23,24);2*1H/t14-,16-;;/m0../s1. The van der Waals surface area contributed by atoms with Crippen molar-refractivity contribution < 1.29 is 9.53 Å². The summed E-state index contributed by atoms with van der Waals surface area (Å²) in [5, 5.41) is 6.37. The van der Waals surface area contributed by atoms with Crippen LogP contribution < -0.4 is 15.4 Å². The van der Waals surface area contributed by atoms with Gasteiger partial charge in [0.25, 0.3) is 0 Å². The number of pyridine rings is 1. The molecule has 7 heteroatoms. The quantitative estimate of drug-likeness (QED) is 0.767. The summed E-state index contributed by atoms with van der Waals surface area (Å²) in [5.41, 5.74) is 2.83. The second kappa shape index (κ2) is 10.5. The molecule has 1 aliphatic heterocycles. The number of hydrogen-bond acceptors (Lipinski definition) is 4. The van der Waals surface area contributed by atoms with Crippen molar-refractivity contribution in [3.8, 4) is 11.6 Å². The van der Waals surface area contributed by atoms with Gasteiger partial charge in [-0.05, 0) is 69.5 Å². The van der Waals surface area contributed by atoms with E-state index in [-0.39, 0.29) is 36.6 Å². The maximum Gasteiger partial charge on any atom is 0.243 e. The molecule has 1 aliphatic rings. The Bertz CT molecular complexity index is 771. The van der Waals surface area contributed by atoms with Crippen LogP contribution in [0.3, 0.4) is 0 Å². The van der Waals surface area contributed by atoms with Crippen LogP contribution in [0.1, 0.15) is 30.9 Å². The lowest BCUT2D eigenvalue weighted by Crippen LogP contribution is -2.40. The number of anilines is 1. The molecule has 1 aromatic carbocycles. The third-order valence-corrected chi connectivity index (χ3v) is 4.79. The third-order valence-electron chi connectivity index (χ3n) is 4.79. The van der Waals surface area contributed by atoms with E-state index in [2.05, 4.69) is 22.5 Å². The second-order valence-electron chi connectivity index (χ2n) is 6.72. The fourth-order valence-electron chi connectivity index (χ4n) is 3.11. The van der Waals surface area contributed by atoms with Crippen LogP contribution in [0.25, 0.3) is 0 Å². The van der Waals surface area contributed by atoms with Crippen LogP contribution in [0, 0.1) is 19.8 Å². The Balaban J connectivity index is 0.00000182. The fourth-order valence-corrected chi connectivity index (χ4v) is 3.11. The van der Waals surface area contributed by atoms with E-state index in [9.17, 15) is 4.79 Å². The molecule has 0 bridgehead atoms. The first-order valence-electron chi connectivity index (χ1n) is 8.78. The molecule has 0 aliphatic carbocycles. The molecule has 0 spiro atoms. The van der Waals surface area contributed by atoms with E-state index in [0.29, 0.717) is 17.6 Å². The highest BCUT2D eigenvalue weighted by Crippen LogP contribution is 2.31. The topological polar surface area (TPSA) is 63.2 Å².